The zero-order valence-corrected chi connectivity index (χ0v) is 20.0. The molecule has 6 aliphatic rings. The van der Waals surface area contributed by atoms with Gasteiger partial charge in [-0.3, -0.25) is 0 Å². The van der Waals surface area contributed by atoms with Crippen molar-refractivity contribution in [1.82, 2.24) is 14.3 Å². The average molecular weight is 489 g/mol. The Hall–Kier alpha value is -2.94. The molecule has 4 N–H and O–H groups in total. The topological polar surface area (TPSA) is 110 Å². The van der Waals surface area contributed by atoms with Gasteiger partial charge >= 0.3 is 0 Å². The number of hydrogen-bond acceptors (Lipinski definition) is 5. The van der Waals surface area contributed by atoms with Gasteiger partial charge in [-0.05, 0) is 73.3 Å². The van der Waals surface area contributed by atoms with Crippen molar-refractivity contribution in [1.29, 1.82) is 0 Å². The second kappa shape index (κ2) is 7.29. The van der Waals surface area contributed by atoms with Crippen molar-refractivity contribution in [2.45, 2.75) is 48.3 Å². The number of imidazole rings is 1. The molecule has 5 aliphatic carbocycles. The largest absolute Gasteiger partial charge is 0.399 e. The van der Waals surface area contributed by atoms with Crippen LogP contribution in [0.4, 0.5) is 5.69 Å². The van der Waals surface area contributed by atoms with E-state index >= 15 is 0 Å². The van der Waals surface area contributed by atoms with E-state index in [0.29, 0.717) is 18.5 Å². The maximum Gasteiger partial charge on any atom is 0.241 e. The Morgan fingerprint density at radius 3 is 2.66 bits per heavy atom. The number of nitrogens with zero attached hydrogens (tertiary/aromatic N) is 2. The number of sulfonamides is 1. The van der Waals surface area contributed by atoms with Gasteiger partial charge < -0.3 is 15.4 Å². The second-order valence-corrected chi connectivity index (χ2v) is 12.3. The first-order chi connectivity index (χ1) is 16.9. The molecule has 3 aromatic rings. The lowest BCUT2D eigenvalue weighted by atomic mass is 9.44. The second-order valence-electron chi connectivity index (χ2n) is 10.7. The molecule has 3 fully saturated rings. The van der Waals surface area contributed by atoms with E-state index < -0.39 is 21.7 Å². The van der Waals surface area contributed by atoms with Crippen molar-refractivity contribution in [3.05, 3.63) is 78.3 Å². The molecule has 4 atom stereocenters. The van der Waals surface area contributed by atoms with Crippen LogP contribution in [-0.4, -0.2) is 34.7 Å². The van der Waals surface area contributed by atoms with Crippen LogP contribution in [0.3, 0.4) is 0 Å². The van der Waals surface area contributed by atoms with Gasteiger partial charge in [-0.15, -0.1) is 0 Å². The van der Waals surface area contributed by atoms with Gasteiger partial charge in [0.2, 0.25) is 10.0 Å². The number of nitrogens with one attached hydrogen (secondary N) is 1. The minimum atomic E-state index is -3.65. The molecule has 4 bridgehead atoms. The molecular weight excluding hydrogens is 460 g/mol. The lowest BCUT2D eigenvalue weighted by Gasteiger charge is -2.63. The number of allylic oxidation sites excluding steroid dienone is 1. The lowest BCUT2D eigenvalue weighted by Crippen LogP contribution is -2.65. The quantitative estimate of drug-likeness (QED) is 0.363. The fourth-order valence-electron chi connectivity index (χ4n) is 7.31. The fourth-order valence-corrected chi connectivity index (χ4v) is 8.74. The van der Waals surface area contributed by atoms with Crippen LogP contribution < -0.4 is 10.5 Å². The van der Waals surface area contributed by atoms with E-state index in [1.165, 1.54) is 16.7 Å². The van der Waals surface area contributed by atoms with Gasteiger partial charge in [0.15, 0.2) is 0 Å². The molecule has 2 heterocycles. The summed E-state index contributed by atoms with van der Waals surface area (Å²) in [6.07, 6.45) is 8.33. The van der Waals surface area contributed by atoms with E-state index in [1.54, 1.807) is 24.3 Å². The zero-order chi connectivity index (χ0) is 23.9. The van der Waals surface area contributed by atoms with Crippen molar-refractivity contribution >= 4 is 15.7 Å². The molecular formula is C27H28N4O3S. The summed E-state index contributed by atoms with van der Waals surface area (Å²) >= 11 is 0. The lowest BCUT2D eigenvalue weighted by molar-refractivity contribution is -0.0645. The van der Waals surface area contributed by atoms with E-state index in [-0.39, 0.29) is 28.7 Å². The maximum absolute atomic E-state index is 13.1. The van der Waals surface area contributed by atoms with Crippen LogP contribution in [-0.2, 0) is 10.0 Å². The summed E-state index contributed by atoms with van der Waals surface area (Å²) in [5, 5.41) is 11.5. The predicted octanol–water partition coefficient (Wildman–Crippen LogP) is 3.49. The minimum Gasteiger partial charge on any atom is -0.399 e. The van der Waals surface area contributed by atoms with Crippen molar-refractivity contribution in [3.8, 4) is 11.3 Å². The molecule has 8 heteroatoms. The summed E-state index contributed by atoms with van der Waals surface area (Å²) in [6, 6.07) is 14.8. The molecule has 3 saturated carbocycles. The normalized spacial score (nSPS) is 30.8. The van der Waals surface area contributed by atoms with Crippen molar-refractivity contribution in [2.75, 3.05) is 5.73 Å². The Labute approximate surface area is 204 Å². The van der Waals surface area contributed by atoms with E-state index in [4.69, 9.17) is 5.73 Å². The maximum atomic E-state index is 13.1. The number of fused-ring (bicyclic) bond motifs is 4. The number of aliphatic hydroxyl groups excluding tert-OH is 1. The Balaban J connectivity index is 1.10. The van der Waals surface area contributed by atoms with Crippen molar-refractivity contribution < 1.29 is 13.5 Å². The summed E-state index contributed by atoms with van der Waals surface area (Å²) in [7, 11) is -3.65. The van der Waals surface area contributed by atoms with Crippen LogP contribution in [0.2, 0.25) is 0 Å². The summed E-state index contributed by atoms with van der Waals surface area (Å²) in [6.45, 7) is 0. The highest BCUT2D eigenvalue weighted by molar-refractivity contribution is 7.89. The van der Waals surface area contributed by atoms with E-state index in [2.05, 4.69) is 38.5 Å². The Bertz CT molecular complexity index is 1440. The highest BCUT2D eigenvalue weighted by Crippen LogP contribution is 2.64. The first-order valence-electron chi connectivity index (χ1n) is 12.2. The highest BCUT2D eigenvalue weighted by atomic mass is 32.2. The Morgan fingerprint density at radius 1 is 1.14 bits per heavy atom. The summed E-state index contributed by atoms with van der Waals surface area (Å²) in [5.41, 5.74) is 10.7. The molecule has 0 saturated heterocycles. The highest BCUT2D eigenvalue weighted by Gasteiger charge is 2.61. The molecule has 7 nitrogen and oxygen atoms in total. The number of anilines is 1. The summed E-state index contributed by atoms with van der Waals surface area (Å²) in [4.78, 5) is 4.58. The van der Waals surface area contributed by atoms with E-state index in [0.717, 1.165) is 18.5 Å². The van der Waals surface area contributed by atoms with Crippen LogP contribution in [0.5, 0.6) is 0 Å². The fraction of sp³-hybridized carbons (Fsp3) is 0.370. The number of nitrogens with two attached hydrogens (primary N) is 1. The van der Waals surface area contributed by atoms with Crippen LogP contribution in [0, 0.1) is 17.8 Å². The smallest absolute Gasteiger partial charge is 0.241 e. The first kappa shape index (κ1) is 21.4. The number of aromatic nitrogens is 2. The van der Waals surface area contributed by atoms with Crippen LogP contribution in [0.15, 0.2) is 77.6 Å². The van der Waals surface area contributed by atoms with Gasteiger partial charge in [-0.25, -0.2) is 18.1 Å². The third-order valence-electron chi connectivity index (χ3n) is 8.78. The number of rotatable bonds is 6. The number of nitrogen functional groups attached to an aromatic ring is 1. The van der Waals surface area contributed by atoms with Gasteiger partial charge in [-0.2, -0.15) is 0 Å². The van der Waals surface area contributed by atoms with Crippen LogP contribution in [0.25, 0.3) is 11.3 Å². The van der Waals surface area contributed by atoms with Gasteiger partial charge in [0.25, 0.3) is 0 Å². The minimum absolute atomic E-state index is 0.0733. The molecule has 4 unspecified atom stereocenters. The summed E-state index contributed by atoms with van der Waals surface area (Å²) in [5.74, 6) is 0.617. The number of benzene rings is 2. The molecule has 180 valence electrons. The summed E-state index contributed by atoms with van der Waals surface area (Å²) < 4.78 is 31.5. The van der Waals surface area contributed by atoms with Gasteiger partial charge in [-0.1, -0.05) is 35.9 Å². The SMILES string of the molecule is Nc1ccc(S(=O)(=O)NC23CC=C4C(C2)C(C(O)CC2c5ccccc5-c5cncn52)C4C3)cc1. The molecule has 9 rings (SSSR count). The molecule has 2 aromatic carbocycles. The number of aliphatic hydroxyl groups is 1. The van der Waals surface area contributed by atoms with Crippen LogP contribution in [0.1, 0.15) is 37.3 Å². The molecule has 1 aliphatic heterocycles. The molecule has 0 radical (unpaired) electrons. The third kappa shape index (κ3) is 3.09. The van der Waals surface area contributed by atoms with Crippen LogP contribution >= 0.6 is 0 Å². The molecule has 1 aromatic heterocycles. The predicted molar refractivity (Wildman–Crippen MR) is 133 cm³/mol. The van der Waals surface area contributed by atoms with Crippen molar-refractivity contribution in [2.24, 2.45) is 17.8 Å². The molecule has 0 amide bonds. The third-order valence-corrected chi connectivity index (χ3v) is 10.4. The monoisotopic (exact) mass is 488 g/mol. The van der Waals surface area contributed by atoms with E-state index in [9.17, 15) is 13.5 Å². The first-order valence-corrected chi connectivity index (χ1v) is 13.7. The number of hydrogen-bond donors (Lipinski definition) is 3. The Kier molecular flexibility index (Phi) is 4.45. The Morgan fingerprint density at radius 2 is 1.89 bits per heavy atom. The van der Waals surface area contributed by atoms with Gasteiger partial charge in [0.1, 0.15) is 0 Å². The standard InChI is InChI=1S/C27H28N4O3S/c28-16-5-7-17(8-6-16)35(33,34)30-27-10-9-18-21(12-27)26(22(18)13-27)25(32)11-23-19-3-1-2-4-20(19)24-14-29-15-31(23)24/h1-9,14-15,21-23,25-26,30,32H,10-13,28H2. The molecule has 35 heavy (non-hydrogen) atoms. The van der Waals surface area contributed by atoms with E-state index in [1.807, 2.05) is 18.6 Å². The van der Waals surface area contributed by atoms with Crippen molar-refractivity contribution in [3.63, 3.8) is 0 Å². The molecule has 0 spiro atoms. The van der Waals surface area contributed by atoms with Gasteiger partial charge in [0.05, 0.1) is 35.3 Å². The zero-order valence-electron chi connectivity index (χ0n) is 19.2. The van der Waals surface area contributed by atoms with Gasteiger partial charge in [0, 0.05) is 16.8 Å². The average Bonchev–Trinajstić information content (AvgIpc) is 3.42.